The maximum atomic E-state index is 5.49. The van der Waals surface area contributed by atoms with Crippen LogP contribution < -0.4 is 5.32 Å². The van der Waals surface area contributed by atoms with Gasteiger partial charge in [-0.1, -0.05) is 25.5 Å². The molecule has 0 aliphatic heterocycles. The smallest absolute Gasteiger partial charge is 0.0404 e. The van der Waals surface area contributed by atoms with Crippen LogP contribution in [-0.2, 0) is 0 Å². The lowest BCUT2D eigenvalue weighted by molar-refractivity contribution is 0.159. The molecule has 1 fully saturated rings. The zero-order chi connectivity index (χ0) is 8.86. The van der Waals surface area contributed by atoms with Gasteiger partial charge in [-0.15, -0.1) is 11.6 Å². The number of allylic oxidation sites excluding steroid dienone is 1. The van der Waals surface area contributed by atoms with Gasteiger partial charge in [0.05, 0.1) is 0 Å². The van der Waals surface area contributed by atoms with Crippen LogP contribution in [0.5, 0.6) is 0 Å². The lowest BCUT2D eigenvalue weighted by atomic mass is 9.70. The van der Waals surface area contributed by atoms with Gasteiger partial charge in [0, 0.05) is 19.0 Å². The van der Waals surface area contributed by atoms with Gasteiger partial charge in [0.15, 0.2) is 0 Å². The molecule has 0 bridgehead atoms. The second-order valence-electron chi connectivity index (χ2n) is 3.92. The van der Waals surface area contributed by atoms with Gasteiger partial charge in [-0.25, -0.2) is 0 Å². The SMILES string of the molecule is CC1(CNC/C=C/CCl)CCC1. The Kier molecular flexibility index (Phi) is 4.10. The fraction of sp³-hybridized carbons (Fsp3) is 0.800. The molecule has 0 spiro atoms. The molecule has 0 amide bonds. The number of rotatable bonds is 5. The molecule has 0 aromatic rings. The standard InChI is InChI=1S/C10H18ClN/c1-10(5-4-6-10)9-12-8-3-2-7-11/h2-3,12H,4-9H2,1H3/b3-2+. The van der Waals surface area contributed by atoms with Crippen LogP contribution in [0.25, 0.3) is 0 Å². The molecule has 0 aromatic heterocycles. The predicted octanol–water partition coefficient (Wildman–Crippen LogP) is 2.56. The van der Waals surface area contributed by atoms with E-state index in [9.17, 15) is 0 Å². The Morgan fingerprint density at radius 2 is 2.17 bits per heavy atom. The van der Waals surface area contributed by atoms with Crippen molar-refractivity contribution in [2.75, 3.05) is 19.0 Å². The Hall–Kier alpha value is -0.0100. The van der Waals surface area contributed by atoms with Crippen LogP contribution in [0.1, 0.15) is 26.2 Å². The largest absolute Gasteiger partial charge is 0.313 e. The molecule has 1 nitrogen and oxygen atoms in total. The highest BCUT2D eigenvalue weighted by molar-refractivity contribution is 6.18. The second-order valence-corrected chi connectivity index (χ2v) is 4.23. The van der Waals surface area contributed by atoms with E-state index < -0.39 is 0 Å². The first-order valence-electron chi connectivity index (χ1n) is 4.68. The number of hydrogen-bond donors (Lipinski definition) is 1. The molecule has 70 valence electrons. The minimum atomic E-state index is 0.592. The maximum Gasteiger partial charge on any atom is 0.0404 e. The molecular formula is C10H18ClN. The molecule has 2 heteroatoms. The van der Waals surface area contributed by atoms with Gasteiger partial charge in [-0.3, -0.25) is 0 Å². The summed E-state index contributed by atoms with van der Waals surface area (Å²) in [6.45, 7) is 4.47. The molecule has 1 aliphatic rings. The van der Waals surface area contributed by atoms with Gasteiger partial charge in [0.25, 0.3) is 0 Å². The van der Waals surface area contributed by atoms with Crippen molar-refractivity contribution in [3.63, 3.8) is 0 Å². The van der Waals surface area contributed by atoms with Crippen molar-refractivity contribution in [1.82, 2.24) is 5.32 Å². The van der Waals surface area contributed by atoms with Crippen LogP contribution in [0.15, 0.2) is 12.2 Å². The van der Waals surface area contributed by atoms with Gasteiger partial charge in [0.2, 0.25) is 0 Å². The highest BCUT2D eigenvalue weighted by Gasteiger charge is 2.30. The van der Waals surface area contributed by atoms with Crippen molar-refractivity contribution in [2.45, 2.75) is 26.2 Å². The summed E-state index contributed by atoms with van der Waals surface area (Å²) in [5.74, 6) is 0.624. The Bertz CT molecular complexity index is 150. The van der Waals surface area contributed by atoms with E-state index in [-0.39, 0.29) is 0 Å². The predicted molar refractivity (Wildman–Crippen MR) is 54.7 cm³/mol. The third-order valence-electron chi connectivity index (χ3n) is 2.63. The number of hydrogen-bond acceptors (Lipinski definition) is 1. The fourth-order valence-electron chi connectivity index (χ4n) is 1.56. The molecule has 0 heterocycles. The molecule has 0 unspecified atom stereocenters. The number of halogens is 1. The molecule has 0 saturated heterocycles. The molecule has 1 N–H and O–H groups in total. The first-order valence-corrected chi connectivity index (χ1v) is 5.22. The minimum Gasteiger partial charge on any atom is -0.313 e. The topological polar surface area (TPSA) is 12.0 Å². The van der Waals surface area contributed by atoms with Gasteiger partial charge in [-0.2, -0.15) is 0 Å². The summed E-state index contributed by atoms with van der Waals surface area (Å²) >= 11 is 5.49. The van der Waals surface area contributed by atoms with Crippen LogP contribution >= 0.6 is 11.6 Å². The summed E-state index contributed by atoms with van der Waals surface area (Å²) in [4.78, 5) is 0. The van der Waals surface area contributed by atoms with Crippen LogP contribution in [0.3, 0.4) is 0 Å². The molecule has 1 aliphatic carbocycles. The molecule has 0 radical (unpaired) electrons. The maximum absolute atomic E-state index is 5.49. The van der Waals surface area contributed by atoms with Crippen LogP contribution in [0.4, 0.5) is 0 Å². The van der Waals surface area contributed by atoms with Gasteiger partial charge < -0.3 is 5.32 Å². The minimum absolute atomic E-state index is 0.592. The molecular weight excluding hydrogens is 170 g/mol. The highest BCUT2D eigenvalue weighted by Crippen LogP contribution is 2.39. The first kappa shape index (κ1) is 10.1. The highest BCUT2D eigenvalue weighted by atomic mass is 35.5. The van der Waals surface area contributed by atoms with Gasteiger partial charge in [-0.05, 0) is 18.3 Å². The summed E-state index contributed by atoms with van der Waals surface area (Å²) < 4.78 is 0. The second kappa shape index (κ2) is 4.88. The first-order chi connectivity index (χ1) is 5.77. The molecule has 12 heavy (non-hydrogen) atoms. The third-order valence-corrected chi connectivity index (χ3v) is 2.81. The normalized spacial score (nSPS) is 21.2. The fourth-order valence-corrected chi connectivity index (χ4v) is 1.69. The zero-order valence-corrected chi connectivity index (χ0v) is 8.53. The van der Waals surface area contributed by atoms with Crippen molar-refractivity contribution in [3.8, 4) is 0 Å². The molecule has 1 saturated carbocycles. The van der Waals surface area contributed by atoms with Crippen molar-refractivity contribution >= 4 is 11.6 Å². The summed E-state index contributed by atoms with van der Waals surface area (Å²) in [7, 11) is 0. The van der Waals surface area contributed by atoms with E-state index in [1.807, 2.05) is 6.08 Å². The van der Waals surface area contributed by atoms with Crippen molar-refractivity contribution < 1.29 is 0 Å². The van der Waals surface area contributed by atoms with E-state index in [1.165, 1.54) is 19.3 Å². The lowest BCUT2D eigenvalue weighted by Crippen LogP contribution is -2.37. The van der Waals surface area contributed by atoms with Crippen LogP contribution in [-0.4, -0.2) is 19.0 Å². The van der Waals surface area contributed by atoms with E-state index in [0.717, 1.165) is 13.1 Å². The van der Waals surface area contributed by atoms with E-state index >= 15 is 0 Å². The van der Waals surface area contributed by atoms with Crippen LogP contribution in [0, 0.1) is 5.41 Å². The summed E-state index contributed by atoms with van der Waals surface area (Å²) in [6.07, 6.45) is 8.26. The summed E-state index contributed by atoms with van der Waals surface area (Å²) in [5, 5.41) is 3.42. The average Bonchev–Trinajstić information content (AvgIpc) is 2.01. The van der Waals surface area contributed by atoms with E-state index in [4.69, 9.17) is 11.6 Å². The van der Waals surface area contributed by atoms with Crippen molar-refractivity contribution in [1.29, 1.82) is 0 Å². The van der Waals surface area contributed by atoms with E-state index in [0.29, 0.717) is 11.3 Å². The number of nitrogens with one attached hydrogen (secondary N) is 1. The molecule has 0 aromatic carbocycles. The van der Waals surface area contributed by atoms with E-state index in [2.05, 4.69) is 18.3 Å². The van der Waals surface area contributed by atoms with Gasteiger partial charge in [0.1, 0.15) is 0 Å². The Labute approximate surface area is 80.2 Å². The third kappa shape index (κ3) is 3.16. The number of alkyl halides is 1. The lowest BCUT2D eigenvalue weighted by Gasteiger charge is -2.38. The van der Waals surface area contributed by atoms with Crippen molar-refractivity contribution in [3.05, 3.63) is 12.2 Å². The monoisotopic (exact) mass is 187 g/mol. The molecule has 1 rings (SSSR count). The van der Waals surface area contributed by atoms with Crippen LogP contribution in [0.2, 0.25) is 0 Å². The van der Waals surface area contributed by atoms with Crippen molar-refractivity contribution in [2.24, 2.45) is 5.41 Å². The molecule has 0 atom stereocenters. The Morgan fingerprint density at radius 3 is 2.67 bits per heavy atom. The average molecular weight is 188 g/mol. The summed E-state index contributed by atoms with van der Waals surface area (Å²) in [5.41, 5.74) is 0.592. The Morgan fingerprint density at radius 1 is 1.42 bits per heavy atom. The zero-order valence-electron chi connectivity index (χ0n) is 7.78. The quantitative estimate of drug-likeness (QED) is 0.396. The van der Waals surface area contributed by atoms with E-state index in [1.54, 1.807) is 0 Å². The Balaban J connectivity index is 1.98. The summed E-state index contributed by atoms with van der Waals surface area (Å²) in [6, 6.07) is 0. The van der Waals surface area contributed by atoms with Gasteiger partial charge >= 0.3 is 0 Å².